The number of fused-ring (bicyclic) bond motifs is 1. The molecule has 4 rings (SSSR count). The number of benzene rings is 2. The van der Waals surface area contributed by atoms with Crippen LogP contribution in [0, 0.1) is 0 Å². The molecule has 1 aromatic heterocycles. The Bertz CT molecular complexity index is 1060. The maximum atomic E-state index is 12.3. The third-order valence-corrected chi connectivity index (χ3v) is 6.39. The molecule has 4 heteroatoms. The first-order valence-electron chi connectivity index (χ1n) is 11.8. The lowest BCUT2D eigenvalue weighted by Crippen LogP contribution is -2.40. The molecule has 1 aliphatic heterocycles. The topological polar surface area (TPSA) is 62.2 Å². The largest absolute Gasteiger partial charge is 0.363 e. The monoisotopic (exact) mass is 428 g/mol. The third kappa shape index (κ3) is 4.76. The van der Waals surface area contributed by atoms with Gasteiger partial charge in [-0.2, -0.15) is 0 Å². The first kappa shape index (κ1) is 22.2. The van der Waals surface area contributed by atoms with Gasteiger partial charge in [0, 0.05) is 23.5 Å². The van der Waals surface area contributed by atoms with Gasteiger partial charge in [0.15, 0.2) is 5.72 Å². The highest BCUT2D eigenvalue weighted by molar-refractivity contribution is 6.00. The van der Waals surface area contributed by atoms with Crippen molar-refractivity contribution in [1.82, 2.24) is 10.3 Å². The van der Waals surface area contributed by atoms with E-state index >= 15 is 0 Å². The molecule has 1 aliphatic rings. The Kier molecular flexibility index (Phi) is 7.01. The van der Waals surface area contributed by atoms with Crippen molar-refractivity contribution in [3.8, 4) is 11.1 Å². The molecule has 166 valence electrons. The highest BCUT2D eigenvalue weighted by Crippen LogP contribution is 2.36. The molecule has 0 aliphatic carbocycles. The van der Waals surface area contributed by atoms with Crippen molar-refractivity contribution in [1.29, 1.82) is 0 Å². The molecule has 0 fully saturated rings. The first-order chi connectivity index (χ1) is 15.6. The highest BCUT2D eigenvalue weighted by Gasteiger charge is 2.42. The molecule has 0 saturated carbocycles. The van der Waals surface area contributed by atoms with Gasteiger partial charge in [-0.25, -0.2) is 0 Å². The first-order valence-corrected chi connectivity index (χ1v) is 11.8. The van der Waals surface area contributed by atoms with E-state index in [0.29, 0.717) is 16.7 Å². The summed E-state index contributed by atoms with van der Waals surface area (Å²) in [5, 5.41) is 14.1. The van der Waals surface area contributed by atoms with E-state index in [-0.39, 0.29) is 5.91 Å². The molecule has 0 radical (unpaired) electrons. The number of carbonyl (C=O) groups is 1. The van der Waals surface area contributed by atoms with E-state index in [1.807, 2.05) is 24.3 Å². The maximum absolute atomic E-state index is 12.3. The SMILES string of the molecule is CCCCCCCCCc1ccc(-c2cccc(C3(O)NC(=O)c4cnccc43)c2)cc1. The number of hydrogen-bond acceptors (Lipinski definition) is 3. The van der Waals surface area contributed by atoms with Crippen LogP contribution in [0.5, 0.6) is 0 Å². The number of nitrogens with one attached hydrogen (secondary N) is 1. The number of hydrogen-bond donors (Lipinski definition) is 2. The summed E-state index contributed by atoms with van der Waals surface area (Å²) in [6, 6.07) is 18.1. The van der Waals surface area contributed by atoms with Gasteiger partial charge in [-0.05, 0) is 41.7 Å². The molecular formula is C28H32N2O2. The van der Waals surface area contributed by atoms with Crippen LogP contribution in [0.25, 0.3) is 11.1 Å². The average molecular weight is 429 g/mol. The standard InChI is InChI=1S/C28H32N2O2/c1-2-3-4-5-6-7-8-10-21-13-15-22(16-14-21)23-11-9-12-24(19-23)28(32)26-17-18-29-20-25(26)27(31)30-28/h9,11-20,32H,2-8,10H2,1H3,(H,30,31). The second kappa shape index (κ2) is 10.1. The Hall–Kier alpha value is -2.98. The van der Waals surface area contributed by atoms with Crippen molar-refractivity contribution in [3.05, 3.63) is 89.2 Å². The average Bonchev–Trinajstić information content (AvgIpc) is 3.10. The van der Waals surface area contributed by atoms with Gasteiger partial charge in [-0.1, -0.05) is 87.9 Å². The normalized spacial score (nSPS) is 17.2. The number of aliphatic hydroxyl groups is 1. The van der Waals surface area contributed by atoms with E-state index in [9.17, 15) is 9.90 Å². The Morgan fingerprint density at radius 1 is 0.906 bits per heavy atom. The summed E-state index contributed by atoms with van der Waals surface area (Å²) < 4.78 is 0. The quantitative estimate of drug-likeness (QED) is 0.391. The summed E-state index contributed by atoms with van der Waals surface area (Å²) in [5.74, 6) is -0.310. The molecule has 4 nitrogen and oxygen atoms in total. The minimum atomic E-state index is -1.54. The maximum Gasteiger partial charge on any atom is 0.256 e. The third-order valence-electron chi connectivity index (χ3n) is 6.39. The molecule has 0 saturated heterocycles. The van der Waals surface area contributed by atoms with Crippen LogP contribution >= 0.6 is 0 Å². The molecule has 3 aromatic rings. The van der Waals surface area contributed by atoms with Crippen LogP contribution in [0.3, 0.4) is 0 Å². The van der Waals surface area contributed by atoms with E-state index in [1.165, 1.54) is 56.7 Å². The predicted molar refractivity (Wildman–Crippen MR) is 128 cm³/mol. The molecular weight excluding hydrogens is 396 g/mol. The number of unbranched alkanes of at least 4 members (excludes halogenated alkanes) is 6. The Morgan fingerprint density at radius 3 is 2.44 bits per heavy atom. The van der Waals surface area contributed by atoms with Crippen LogP contribution in [0.15, 0.2) is 67.0 Å². The van der Waals surface area contributed by atoms with Gasteiger partial charge in [0.2, 0.25) is 0 Å². The summed E-state index contributed by atoms with van der Waals surface area (Å²) in [5.41, 5.74) is 3.52. The molecule has 2 aromatic carbocycles. The number of pyridine rings is 1. The van der Waals surface area contributed by atoms with Crippen LogP contribution in [-0.2, 0) is 12.1 Å². The Balaban J connectivity index is 1.43. The van der Waals surface area contributed by atoms with Crippen molar-refractivity contribution in [2.24, 2.45) is 0 Å². The fourth-order valence-electron chi connectivity index (χ4n) is 4.49. The van der Waals surface area contributed by atoms with Crippen molar-refractivity contribution in [2.45, 2.75) is 64.0 Å². The zero-order valence-electron chi connectivity index (χ0n) is 18.8. The molecule has 1 amide bonds. The number of nitrogens with zero attached hydrogens (tertiary/aromatic N) is 1. The van der Waals surface area contributed by atoms with Crippen molar-refractivity contribution >= 4 is 5.91 Å². The van der Waals surface area contributed by atoms with E-state index in [4.69, 9.17) is 0 Å². The second-order valence-electron chi connectivity index (χ2n) is 8.73. The van der Waals surface area contributed by atoms with Crippen LogP contribution in [0.4, 0.5) is 0 Å². The zero-order chi connectivity index (χ0) is 22.4. The fourth-order valence-corrected chi connectivity index (χ4v) is 4.49. The molecule has 2 N–H and O–H groups in total. The molecule has 1 atom stereocenters. The fraction of sp³-hybridized carbons (Fsp3) is 0.357. The van der Waals surface area contributed by atoms with Gasteiger partial charge in [0.05, 0.1) is 5.56 Å². The van der Waals surface area contributed by atoms with Crippen LogP contribution < -0.4 is 5.32 Å². The van der Waals surface area contributed by atoms with E-state index < -0.39 is 5.72 Å². The van der Waals surface area contributed by atoms with E-state index in [2.05, 4.69) is 41.5 Å². The van der Waals surface area contributed by atoms with Crippen LogP contribution in [0.1, 0.15) is 78.9 Å². The van der Waals surface area contributed by atoms with Gasteiger partial charge in [-0.3, -0.25) is 9.78 Å². The van der Waals surface area contributed by atoms with E-state index in [1.54, 1.807) is 12.3 Å². The van der Waals surface area contributed by atoms with Gasteiger partial charge < -0.3 is 10.4 Å². The minimum Gasteiger partial charge on any atom is -0.363 e. The second-order valence-corrected chi connectivity index (χ2v) is 8.73. The molecule has 1 unspecified atom stereocenters. The van der Waals surface area contributed by atoms with Gasteiger partial charge >= 0.3 is 0 Å². The van der Waals surface area contributed by atoms with Crippen molar-refractivity contribution < 1.29 is 9.90 Å². The summed E-state index contributed by atoms with van der Waals surface area (Å²) in [6.07, 6.45) is 13.5. The smallest absolute Gasteiger partial charge is 0.256 e. The number of rotatable bonds is 10. The Morgan fingerprint density at radius 2 is 1.66 bits per heavy atom. The molecule has 0 spiro atoms. The minimum absolute atomic E-state index is 0.310. The summed E-state index contributed by atoms with van der Waals surface area (Å²) in [4.78, 5) is 16.3. The molecule has 0 bridgehead atoms. The zero-order valence-corrected chi connectivity index (χ0v) is 18.8. The lowest BCUT2D eigenvalue weighted by Gasteiger charge is -2.25. The number of aryl methyl sites for hydroxylation is 1. The number of amides is 1. The number of aromatic nitrogens is 1. The molecule has 32 heavy (non-hydrogen) atoms. The van der Waals surface area contributed by atoms with Crippen molar-refractivity contribution in [2.75, 3.05) is 0 Å². The Labute approximate surface area is 190 Å². The van der Waals surface area contributed by atoms with E-state index in [0.717, 1.165) is 17.5 Å². The lowest BCUT2D eigenvalue weighted by atomic mass is 9.92. The van der Waals surface area contributed by atoms with Gasteiger partial charge in [0.1, 0.15) is 0 Å². The van der Waals surface area contributed by atoms with Gasteiger partial charge in [0.25, 0.3) is 5.91 Å². The highest BCUT2D eigenvalue weighted by atomic mass is 16.3. The summed E-state index contributed by atoms with van der Waals surface area (Å²) in [7, 11) is 0. The van der Waals surface area contributed by atoms with Gasteiger partial charge in [-0.15, -0.1) is 0 Å². The number of carbonyl (C=O) groups excluding carboxylic acids is 1. The van der Waals surface area contributed by atoms with Crippen molar-refractivity contribution in [3.63, 3.8) is 0 Å². The summed E-state index contributed by atoms with van der Waals surface area (Å²) in [6.45, 7) is 2.26. The molecule has 2 heterocycles. The lowest BCUT2D eigenvalue weighted by molar-refractivity contribution is 0.0476. The van der Waals surface area contributed by atoms with Crippen LogP contribution in [0.2, 0.25) is 0 Å². The summed E-state index contributed by atoms with van der Waals surface area (Å²) >= 11 is 0. The predicted octanol–water partition coefficient (Wildman–Crippen LogP) is 5.98. The van der Waals surface area contributed by atoms with Crippen LogP contribution in [-0.4, -0.2) is 16.0 Å².